The quantitative estimate of drug-likeness (QED) is 0.337. The number of hydrogen-bond acceptors (Lipinski definition) is 7. The van der Waals surface area contributed by atoms with Crippen molar-refractivity contribution in [3.8, 4) is 11.3 Å². The summed E-state index contributed by atoms with van der Waals surface area (Å²) in [5.41, 5.74) is 6.94. The molecule has 4 heterocycles. The second kappa shape index (κ2) is 9.65. The average molecular weight is 551 g/mol. The summed E-state index contributed by atoms with van der Waals surface area (Å²) in [7, 11) is 0. The Labute approximate surface area is 226 Å². The van der Waals surface area contributed by atoms with E-state index in [4.69, 9.17) is 22.3 Å². The Balaban J connectivity index is 1.62. The van der Waals surface area contributed by atoms with Gasteiger partial charge in [-0.2, -0.15) is 5.10 Å². The molecule has 1 unspecified atom stereocenters. The van der Waals surface area contributed by atoms with Crippen LogP contribution in [0.2, 0.25) is 5.02 Å². The van der Waals surface area contributed by atoms with Gasteiger partial charge in [-0.15, -0.1) is 0 Å². The van der Waals surface area contributed by atoms with E-state index in [1.165, 1.54) is 30.1 Å². The lowest BCUT2D eigenvalue weighted by Gasteiger charge is -2.29. The summed E-state index contributed by atoms with van der Waals surface area (Å²) in [6.45, 7) is 4.82. The molecule has 0 radical (unpaired) electrons. The number of aryl methyl sites for hydroxylation is 1. The number of piperidine rings is 1. The average Bonchev–Trinajstić information content (AvgIpc) is 3.32. The number of nitrogens with one attached hydrogen (secondary N) is 1. The van der Waals surface area contributed by atoms with Crippen LogP contribution < -0.4 is 16.6 Å². The number of nitrogens with zero attached hydrogens (tertiary/aromatic N) is 6. The highest BCUT2D eigenvalue weighted by Crippen LogP contribution is 2.36. The van der Waals surface area contributed by atoms with Gasteiger partial charge in [0.15, 0.2) is 17.3 Å². The highest BCUT2D eigenvalue weighted by atomic mass is 35.5. The van der Waals surface area contributed by atoms with Gasteiger partial charge >= 0.3 is 0 Å². The number of fused-ring (bicyclic) bond motifs is 2. The maximum Gasteiger partial charge on any atom is 0.263 e. The van der Waals surface area contributed by atoms with Gasteiger partial charge in [0.2, 0.25) is 0 Å². The standard InChI is InChI=1S/C27H25ClF2N8O/c1-13-6-7-16(22(30)21(13)29)23-20-24(31)33-12-34-26(20)38(36-23)14(2)25-35-18-5-3-4-17(28)19(18)27(39)37(25)15-8-10-32-11-9-15/h3-7,12,14-15,32H,8-11H2,1-2H3,(H2,31,33,34). The zero-order valence-electron chi connectivity index (χ0n) is 21.3. The summed E-state index contributed by atoms with van der Waals surface area (Å²) in [5, 5.41) is 8.96. The number of halogens is 3. The highest BCUT2D eigenvalue weighted by molar-refractivity contribution is 6.35. The summed E-state index contributed by atoms with van der Waals surface area (Å²) in [6.07, 6.45) is 2.74. The third-order valence-electron chi connectivity index (χ3n) is 7.37. The van der Waals surface area contributed by atoms with E-state index >= 15 is 4.39 Å². The van der Waals surface area contributed by atoms with Gasteiger partial charge in [0.05, 0.1) is 21.3 Å². The zero-order valence-corrected chi connectivity index (χ0v) is 22.0. The van der Waals surface area contributed by atoms with Crippen molar-refractivity contribution in [3.63, 3.8) is 0 Å². The van der Waals surface area contributed by atoms with Gasteiger partial charge in [0, 0.05) is 11.6 Å². The van der Waals surface area contributed by atoms with E-state index in [1.807, 2.05) is 6.92 Å². The minimum Gasteiger partial charge on any atom is -0.383 e. The third kappa shape index (κ3) is 4.04. The number of hydrogen-bond donors (Lipinski definition) is 2. The molecule has 0 bridgehead atoms. The fourth-order valence-electron chi connectivity index (χ4n) is 5.32. The minimum absolute atomic E-state index is 0.0652. The Morgan fingerprint density at radius 1 is 1.10 bits per heavy atom. The molecule has 1 fully saturated rings. The Hall–Kier alpha value is -3.96. The van der Waals surface area contributed by atoms with Gasteiger partial charge in [0.1, 0.15) is 29.7 Å². The molecular weight excluding hydrogens is 526 g/mol. The first kappa shape index (κ1) is 25.3. The Bertz CT molecular complexity index is 1810. The molecule has 0 amide bonds. The van der Waals surface area contributed by atoms with Crippen molar-refractivity contribution in [2.75, 3.05) is 18.8 Å². The molecule has 1 saturated heterocycles. The van der Waals surface area contributed by atoms with Crippen LogP contribution in [0.25, 0.3) is 33.2 Å². The Kier molecular flexibility index (Phi) is 6.27. The summed E-state index contributed by atoms with van der Waals surface area (Å²) < 4.78 is 32.9. The molecule has 2 aromatic carbocycles. The van der Waals surface area contributed by atoms with Gasteiger partial charge < -0.3 is 11.1 Å². The number of nitrogens with two attached hydrogens (primary N) is 1. The van der Waals surface area contributed by atoms with Crippen molar-refractivity contribution in [2.45, 2.75) is 38.8 Å². The molecule has 6 rings (SSSR count). The molecule has 3 aromatic heterocycles. The third-order valence-corrected chi connectivity index (χ3v) is 7.68. The second-order valence-corrected chi connectivity index (χ2v) is 10.2. The van der Waals surface area contributed by atoms with E-state index in [2.05, 4.69) is 20.4 Å². The molecule has 1 aliphatic heterocycles. The van der Waals surface area contributed by atoms with Crippen LogP contribution >= 0.6 is 11.6 Å². The molecular formula is C27H25ClF2N8O. The lowest BCUT2D eigenvalue weighted by Crippen LogP contribution is -2.37. The first-order chi connectivity index (χ1) is 18.8. The van der Waals surface area contributed by atoms with Gasteiger partial charge in [0.25, 0.3) is 5.56 Å². The fraction of sp³-hybridized carbons (Fsp3) is 0.296. The van der Waals surface area contributed by atoms with Gasteiger partial charge in [-0.1, -0.05) is 23.7 Å². The molecule has 0 saturated carbocycles. The predicted octanol–water partition coefficient (Wildman–Crippen LogP) is 4.56. The Morgan fingerprint density at radius 2 is 1.87 bits per heavy atom. The van der Waals surface area contributed by atoms with Crippen molar-refractivity contribution < 1.29 is 8.78 Å². The lowest BCUT2D eigenvalue weighted by molar-refractivity contribution is 0.339. The van der Waals surface area contributed by atoms with Gasteiger partial charge in [-0.3, -0.25) is 9.36 Å². The molecule has 9 nitrogen and oxygen atoms in total. The molecule has 1 aliphatic rings. The van der Waals surface area contributed by atoms with Crippen LogP contribution in [0, 0.1) is 18.6 Å². The summed E-state index contributed by atoms with van der Waals surface area (Å²) in [4.78, 5) is 27.3. The van der Waals surface area contributed by atoms with Crippen LogP contribution in [0.4, 0.5) is 14.6 Å². The van der Waals surface area contributed by atoms with Crippen LogP contribution in [-0.2, 0) is 0 Å². The van der Waals surface area contributed by atoms with E-state index in [9.17, 15) is 9.18 Å². The maximum absolute atomic E-state index is 15.1. The number of nitrogen functional groups attached to an aromatic ring is 1. The molecule has 39 heavy (non-hydrogen) atoms. The van der Waals surface area contributed by atoms with Crippen molar-refractivity contribution in [1.82, 2.24) is 34.6 Å². The zero-order chi connectivity index (χ0) is 27.4. The minimum atomic E-state index is -1.04. The van der Waals surface area contributed by atoms with Crippen molar-refractivity contribution >= 4 is 39.4 Å². The summed E-state index contributed by atoms with van der Waals surface area (Å²) in [6, 6.07) is 7.33. The van der Waals surface area contributed by atoms with E-state index in [0.717, 1.165) is 25.9 Å². The first-order valence-corrected chi connectivity index (χ1v) is 13.0. The number of benzene rings is 2. The monoisotopic (exact) mass is 550 g/mol. The normalized spacial score (nSPS) is 15.3. The summed E-state index contributed by atoms with van der Waals surface area (Å²) in [5.74, 6) is -1.48. The van der Waals surface area contributed by atoms with Crippen LogP contribution in [0.15, 0.2) is 41.5 Å². The van der Waals surface area contributed by atoms with Crippen LogP contribution in [0.5, 0.6) is 0 Å². The smallest absolute Gasteiger partial charge is 0.263 e. The molecule has 3 N–H and O–H groups in total. The van der Waals surface area contributed by atoms with Crippen LogP contribution in [-0.4, -0.2) is 42.4 Å². The molecule has 5 aromatic rings. The molecule has 200 valence electrons. The first-order valence-electron chi connectivity index (χ1n) is 12.6. The maximum atomic E-state index is 15.1. The fourth-order valence-corrected chi connectivity index (χ4v) is 5.57. The lowest BCUT2D eigenvalue weighted by atomic mass is 10.0. The number of aromatic nitrogens is 6. The predicted molar refractivity (Wildman–Crippen MR) is 146 cm³/mol. The highest BCUT2D eigenvalue weighted by Gasteiger charge is 2.29. The van der Waals surface area contributed by atoms with Gasteiger partial charge in [-0.25, -0.2) is 28.4 Å². The van der Waals surface area contributed by atoms with Crippen LogP contribution in [0.3, 0.4) is 0 Å². The van der Waals surface area contributed by atoms with Crippen molar-refractivity contribution in [1.29, 1.82) is 0 Å². The van der Waals surface area contributed by atoms with E-state index in [1.54, 1.807) is 22.8 Å². The number of rotatable bonds is 4. The number of anilines is 1. The van der Waals surface area contributed by atoms with Crippen molar-refractivity contribution in [3.05, 3.63) is 75.1 Å². The van der Waals surface area contributed by atoms with Gasteiger partial charge in [-0.05, 0) is 63.5 Å². The van der Waals surface area contributed by atoms with E-state index < -0.39 is 17.7 Å². The SMILES string of the molecule is Cc1ccc(-c2nn(C(C)c3nc4cccc(Cl)c4c(=O)n3C3CCNCC3)c3ncnc(N)c23)c(F)c1F. The largest absolute Gasteiger partial charge is 0.383 e. The summed E-state index contributed by atoms with van der Waals surface area (Å²) >= 11 is 6.45. The Morgan fingerprint density at radius 3 is 2.64 bits per heavy atom. The van der Waals surface area contributed by atoms with Crippen molar-refractivity contribution in [2.24, 2.45) is 0 Å². The molecule has 0 spiro atoms. The molecule has 12 heteroatoms. The topological polar surface area (TPSA) is 117 Å². The molecule has 1 atom stereocenters. The second-order valence-electron chi connectivity index (χ2n) is 9.74. The molecule has 0 aliphatic carbocycles. The van der Waals surface area contributed by atoms with Crippen LogP contribution in [0.1, 0.15) is 43.2 Å². The van der Waals surface area contributed by atoms with E-state index in [-0.39, 0.29) is 39.6 Å². The van der Waals surface area contributed by atoms with E-state index in [0.29, 0.717) is 27.4 Å².